The Morgan fingerprint density at radius 1 is 1.21 bits per heavy atom. The molecule has 1 aromatic carbocycles. The van der Waals surface area contributed by atoms with Crippen molar-refractivity contribution in [3.05, 3.63) is 28.8 Å². The Balaban J connectivity index is 3.49. The third-order valence-electron chi connectivity index (χ3n) is 1.80. The maximum Gasteiger partial charge on any atom is 0.416 e. The number of anilines is 1. The molecule has 0 unspecified atom stereocenters. The third kappa shape index (κ3) is 1.64. The standard InChI is InChI=1S/C8H6F5N/c1-3-4(8(11,12)13)2-5(9)7(14)6(3)10/h2H,14H2,1H3. The van der Waals surface area contributed by atoms with Crippen LogP contribution in [0.3, 0.4) is 0 Å². The van der Waals surface area contributed by atoms with E-state index in [1.807, 2.05) is 0 Å². The first-order valence-electron chi connectivity index (χ1n) is 3.56. The molecule has 0 aliphatic heterocycles. The molecule has 78 valence electrons. The van der Waals surface area contributed by atoms with Gasteiger partial charge in [-0.25, -0.2) is 8.78 Å². The Morgan fingerprint density at radius 3 is 2.14 bits per heavy atom. The van der Waals surface area contributed by atoms with Crippen LogP contribution >= 0.6 is 0 Å². The highest BCUT2D eigenvalue weighted by molar-refractivity contribution is 5.48. The molecule has 1 aromatic rings. The van der Waals surface area contributed by atoms with E-state index in [0.29, 0.717) is 0 Å². The molecule has 0 bridgehead atoms. The third-order valence-corrected chi connectivity index (χ3v) is 1.80. The fourth-order valence-corrected chi connectivity index (χ4v) is 1.03. The second kappa shape index (κ2) is 3.11. The van der Waals surface area contributed by atoms with Gasteiger partial charge in [0.2, 0.25) is 0 Å². The minimum atomic E-state index is -4.78. The van der Waals surface area contributed by atoms with Gasteiger partial charge in [-0.2, -0.15) is 13.2 Å². The van der Waals surface area contributed by atoms with Crippen LogP contribution in [0.25, 0.3) is 0 Å². The summed E-state index contributed by atoms with van der Waals surface area (Å²) >= 11 is 0. The van der Waals surface area contributed by atoms with Crippen molar-refractivity contribution in [1.29, 1.82) is 0 Å². The van der Waals surface area contributed by atoms with E-state index >= 15 is 0 Å². The minimum absolute atomic E-state index is 0.188. The van der Waals surface area contributed by atoms with Gasteiger partial charge in [-0.15, -0.1) is 0 Å². The van der Waals surface area contributed by atoms with Crippen molar-refractivity contribution in [2.45, 2.75) is 13.1 Å². The van der Waals surface area contributed by atoms with Gasteiger partial charge < -0.3 is 5.73 Å². The zero-order valence-corrected chi connectivity index (χ0v) is 7.04. The second-order valence-electron chi connectivity index (χ2n) is 2.76. The fraction of sp³-hybridized carbons (Fsp3) is 0.250. The van der Waals surface area contributed by atoms with Crippen LogP contribution in [-0.4, -0.2) is 0 Å². The molecule has 0 heterocycles. The van der Waals surface area contributed by atoms with E-state index in [1.54, 1.807) is 0 Å². The highest BCUT2D eigenvalue weighted by atomic mass is 19.4. The molecule has 0 aliphatic carbocycles. The predicted octanol–water partition coefficient (Wildman–Crippen LogP) is 2.87. The van der Waals surface area contributed by atoms with Crippen LogP contribution in [0, 0.1) is 18.6 Å². The summed E-state index contributed by atoms with van der Waals surface area (Å²) in [5.74, 6) is -2.77. The van der Waals surface area contributed by atoms with Crippen LogP contribution in [0.1, 0.15) is 11.1 Å². The molecule has 0 amide bonds. The summed E-state index contributed by atoms with van der Waals surface area (Å²) in [4.78, 5) is 0. The summed E-state index contributed by atoms with van der Waals surface area (Å²) < 4.78 is 62.1. The lowest BCUT2D eigenvalue weighted by Crippen LogP contribution is -2.11. The molecule has 0 radical (unpaired) electrons. The van der Waals surface area contributed by atoms with Gasteiger partial charge in [0.25, 0.3) is 0 Å². The molecule has 1 nitrogen and oxygen atoms in total. The highest BCUT2D eigenvalue weighted by Crippen LogP contribution is 2.35. The second-order valence-corrected chi connectivity index (χ2v) is 2.76. The lowest BCUT2D eigenvalue weighted by molar-refractivity contribution is -0.138. The molecule has 0 saturated carbocycles. The van der Waals surface area contributed by atoms with E-state index in [-0.39, 0.29) is 6.07 Å². The van der Waals surface area contributed by atoms with Gasteiger partial charge in [0.1, 0.15) is 11.5 Å². The molecule has 1 rings (SSSR count). The van der Waals surface area contributed by atoms with Gasteiger partial charge in [0.15, 0.2) is 5.82 Å². The summed E-state index contributed by atoms with van der Waals surface area (Å²) in [6.07, 6.45) is -4.78. The zero-order valence-electron chi connectivity index (χ0n) is 7.04. The number of halogens is 5. The molecule has 0 aliphatic rings. The topological polar surface area (TPSA) is 26.0 Å². The van der Waals surface area contributed by atoms with E-state index < -0.39 is 34.6 Å². The van der Waals surface area contributed by atoms with Gasteiger partial charge >= 0.3 is 6.18 Å². The van der Waals surface area contributed by atoms with Crippen molar-refractivity contribution in [2.75, 3.05) is 5.73 Å². The number of alkyl halides is 3. The van der Waals surface area contributed by atoms with Crippen molar-refractivity contribution >= 4 is 5.69 Å². The Labute approximate surface area is 76.3 Å². The SMILES string of the molecule is Cc1c(C(F)(F)F)cc(F)c(N)c1F. The normalized spacial score (nSPS) is 11.9. The number of rotatable bonds is 0. The number of hydrogen-bond acceptors (Lipinski definition) is 1. The molecule has 0 spiro atoms. The summed E-state index contributed by atoms with van der Waals surface area (Å²) in [6, 6.07) is 0.188. The van der Waals surface area contributed by atoms with Gasteiger partial charge in [0.05, 0.1) is 5.56 Å². The van der Waals surface area contributed by atoms with Crippen LogP contribution in [0.5, 0.6) is 0 Å². The molecule has 0 saturated heterocycles. The molecule has 6 heteroatoms. The van der Waals surface area contributed by atoms with Crippen LogP contribution in [0.2, 0.25) is 0 Å². The molecular formula is C8H6F5N. The number of benzene rings is 1. The molecular weight excluding hydrogens is 205 g/mol. The summed E-state index contributed by atoms with van der Waals surface area (Å²) in [6.45, 7) is 0.897. The fourth-order valence-electron chi connectivity index (χ4n) is 1.03. The Bertz CT molecular complexity index is 369. The Hall–Kier alpha value is -1.33. The number of nitrogen functional groups attached to an aromatic ring is 1. The Morgan fingerprint density at radius 2 is 1.71 bits per heavy atom. The average Bonchev–Trinajstić information content (AvgIpc) is 2.06. The smallest absolute Gasteiger partial charge is 0.394 e. The number of nitrogens with two attached hydrogens (primary N) is 1. The molecule has 2 N–H and O–H groups in total. The van der Waals surface area contributed by atoms with Crippen LogP contribution in [0.15, 0.2) is 6.07 Å². The summed E-state index contributed by atoms with van der Waals surface area (Å²) in [5.41, 5.74) is 1.94. The minimum Gasteiger partial charge on any atom is -0.394 e. The van der Waals surface area contributed by atoms with E-state index in [2.05, 4.69) is 0 Å². The lowest BCUT2D eigenvalue weighted by Gasteiger charge is -2.12. The van der Waals surface area contributed by atoms with Gasteiger partial charge in [-0.3, -0.25) is 0 Å². The van der Waals surface area contributed by atoms with Crippen molar-refractivity contribution in [2.24, 2.45) is 0 Å². The van der Waals surface area contributed by atoms with Crippen molar-refractivity contribution in [3.8, 4) is 0 Å². The molecule has 14 heavy (non-hydrogen) atoms. The largest absolute Gasteiger partial charge is 0.416 e. The van der Waals surface area contributed by atoms with Gasteiger partial charge in [-0.1, -0.05) is 0 Å². The van der Waals surface area contributed by atoms with Crippen LogP contribution in [-0.2, 0) is 6.18 Å². The van der Waals surface area contributed by atoms with E-state index in [9.17, 15) is 22.0 Å². The maximum atomic E-state index is 12.9. The van der Waals surface area contributed by atoms with Crippen molar-refractivity contribution < 1.29 is 22.0 Å². The zero-order chi connectivity index (χ0) is 11.1. The van der Waals surface area contributed by atoms with Gasteiger partial charge in [0, 0.05) is 0 Å². The quantitative estimate of drug-likeness (QED) is 0.518. The van der Waals surface area contributed by atoms with Crippen LogP contribution in [0.4, 0.5) is 27.6 Å². The van der Waals surface area contributed by atoms with Crippen LogP contribution < -0.4 is 5.73 Å². The highest BCUT2D eigenvalue weighted by Gasteiger charge is 2.35. The van der Waals surface area contributed by atoms with E-state index in [4.69, 9.17) is 5.73 Å². The number of hydrogen-bond donors (Lipinski definition) is 1. The monoisotopic (exact) mass is 211 g/mol. The van der Waals surface area contributed by atoms with E-state index in [0.717, 1.165) is 6.92 Å². The lowest BCUT2D eigenvalue weighted by atomic mass is 10.1. The first kappa shape index (κ1) is 10.7. The van der Waals surface area contributed by atoms with Crippen molar-refractivity contribution in [3.63, 3.8) is 0 Å². The first-order chi connectivity index (χ1) is 6.25. The van der Waals surface area contributed by atoms with Crippen molar-refractivity contribution in [1.82, 2.24) is 0 Å². The Kier molecular flexibility index (Phi) is 2.39. The average molecular weight is 211 g/mol. The summed E-state index contributed by atoms with van der Waals surface area (Å²) in [5, 5.41) is 0. The van der Waals surface area contributed by atoms with Gasteiger partial charge in [-0.05, 0) is 18.6 Å². The molecule has 0 fully saturated rings. The predicted molar refractivity (Wildman–Crippen MR) is 40.5 cm³/mol. The first-order valence-corrected chi connectivity index (χ1v) is 3.56. The van der Waals surface area contributed by atoms with E-state index in [1.165, 1.54) is 0 Å². The molecule has 0 atom stereocenters. The molecule has 0 aromatic heterocycles. The summed E-state index contributed by atoms with van der Waals surface area (Å²) in [7, 11) is 0. The maximum absolute atomic E-state index is 12.9.